The molecule has 2 rings (SSSR count). The van der Waals surface area contributed by atoms with Crippen molar-refractivity contribution in [2.24, 2.45) is 0 Å². The quantitative estimate of drug-likeness (QED) is 0.931. The summed E-state index contributed by atoms with van der Waals surface area (Å²) in [6, 6.07) is 4.43. The number of rotatable bonds is 4. The molecule has 0 aliphatic carbocycles. The standard InChI is InChI=1S/C16H20FN3O/c1-9(2)15-19-14(10(3)16(18-4)20-15)12-8-11(17)6-7-13(12)21-5/h6-9H,1-5H3,(H,18,19,20). The minimum Gasteiger partial charge on any atom is -0.496 e. The van der Waals surface area contributed by atoms with Crippen molar-refractivity contribution >= 4 is 5.82 Å². The third kappa shape index (κ3) is 2.96. The minimum absolute atomic E-state index is 0.177. The molecule has 0 unspecified atom stereocenters. The summed E-state index contributed by atoms with van der Waals surface area (Å²) in [6.07, 6.45) is 0. The van der Waals surface area contributed by atoms with Gasteiger partial charge in [-0.15, -0.1) is 0 Å². The van der Waals surface area contributed by atoms with Gasteiger partial charge in [-0.05, 0) is 25.1 Å². The Balaban J connectivity index is 2.73. The van der Waals surface area contributed by atoms with Gasteiger partial charge in [-0.3, -0.25) is 0 Å². The first-order valence-electron chi connectivity index (χ1n) is 6.88. The van der Waals surface area contributed by atoms with Crippen molar-refractivity contribution in [1.82, 2.24) is 9.97 Å². The normalized spacial score (nSPS) is 10.8. The van der Waals surface area contributed by atoms with E-state index in [4.69, 9.17) is 4.74 Å². The van der Waals surface area contributed by atoms with E-state index < -0.39 is 0 Å². The van der Waals surface area contributed by atoms with Crippen LogP contribution in [0.3, 0.4) is 0 Å². The molecule has 0 aliphatic heterocycles. The maximum absolute atomic E-state index is 13.6. The van der Waals surface area contributed by atoms with Crippen LogP contribution in [0, 0.1) is 12.7 Å². The highest BCUT2D eigenvalue weighted by Crippen LogP contribution is 2.34. The molecule has 4 nitrogen and oxygen atoms in total. The van der Waals surface area contributed by atoms with Crippen LogP contribution in [0.1, 0.15) is 31.2 Å². The van der Waals surface area contributed by atoms with E-state index in [-0.39, 0.29) is 11.7 Å². The van der Waals surface area contributed by atoms with Crippen molar-refractivity contribution in [3.63, 3.8) is 0 Å². The predicted octanol–water partition coefficient (Wildman–Crippen LogP) is 3.76. The molecule has 112 valence electrons. The lowest BCUT2D eigenvalue weighted by atomic mass is 10.0. The van der Waals surface area contributed by atoms with E-state index in [9.17, 15) is 4.39 Å². The van der Waals surface area contributed by atoms with E-state index in [0.29, 0.717) is 22.8 Å². The summed E-state index contributed by atoms with van der Waals surface area (Å²) >= 11 is 0. The molecule has 0 spiro atoms. The summed E-state index contributed by atoms with van der Waals surface area (Å²) in [4.78, 5) is 9.10. The lowest BCUT2D eigenvalue weighted by Crippen LogP contribution is -2.07. The van der Waals surface area contributed by atoms with Gasteiger partial charge in [-0.25, -0.2) is 14.4 Å². The Morgan fingerprint density at radius 3 is 2.52 bits per heavy atom. The Morgan fingerprint density at radius 1 is 1.24 bits per heavy atom. The van der Waals surface area contributed by atoms with Crippen LogP contribution in [0.15, 0.2) is 18.2 Å². The fourth-order valence-corrected chi connectivity index (χ4v) is 2.16. The van der Waals surface area contributed by atoms with Crippen molar-refractivity contribution in [2.75, 3.05) is 19.5 Å². The monoisotopic (exact) mass is 289 g/mol. The Labute approximate surface area is 124 Å². The van der Waals surface area contributed by atoms with Crippen LogP contribution in [0.25, 0.3) is 11.3 Å². The Bertz CT molecular complexity index is 656. The van der Waals surface area contributed by atoms with Crippen LogP contribution < -0.4 is 10.1 Å². The van der Waals surface area contributed by atoms with E-state index in [0.717, 1.165) is 11.4 Å². The fourth-order valence-electron chi connectivity index (χ4n) is 2.16. The predicted molar refractivity (Wildman–Crippen MR) is 82.4 cm³/mol. The molecule has 0 atom stereocenters. The zero-order valence-electron chi connectivity index (χ0n) is 13.0. The summed E-state index contributed by atoms with van der Waals surface area (Å²) in [5.74, 6) is 1.91. The molecule has 0 aliphatic rings. The maximum atomic E-state index is 13.6. The number of benzene rings is 1. The highest BCUT2D eigenvalue weighted by Gasteiger charge is 2.17. The molecule has 1 aromatic carbocycles. The Hall–Kier alpha value is -2.17. The first-order valence-corrected chi connectivity index (χ1v) is 6.88. The molecule has 1 heterocycles. The molecule has 2 aromatic rings. The van der Waals surface area contributed by atoms with Gasteiger partial charge in [0.2, 0.25) is 0 Å². The van der Waals surface area contributed by atoms with Crippen molar-refractivity contribution in [2.45, 2.75) is 26.7 Å². The van der Waals surface area contributed by atoms with Crippen LogP contribution in [-0.2, 0) is 0 Å². The summed E-state index contributed by atoms with van der Waals surface area (Å²) in [6.45, 7) is 5.96. The molecule has 5 heteroatoms. The smallest absolute Gasteiger partial charge is 0.133 e. The fraction of sp³-hybridized carbons (Fsp3) is 0.375. The van der Waals surface area contributed by atoms with E-state index in [1.807, 2.05) is 27.8 Å². The molecule has 0 amide bonds. The summed E-state index contributed by atoms with van der Waals surface area (Å²) in [5, 5.41) is 3.07. The van der Waals surface area contributed by atoms with Crippen LogP contribution in [0.2, 0.25) is 0 Å². The second-order valence-electron chi connectivity index (χ2n) is 5.15. The number of hydrogen-bond donors (Lipinski definition) is 1. The van der Waals surface area contributed by atoms with Gasteiger partial charge in [0, 0.05) is 24.1 Å². The number of aromatic nitrogens is 2. The third-order valence-corrected chi connectivity index (χ3v) is 3.33. The lowest BCUT2D eigenvalue weighted by Gasteiger charge is -2.16. The largest absolute Gasteiger partial charge is 0.496 e. The summed E-state index contributed by atoms with van der Waals surface area (Å²) in [7, 11) is 3.38. The average Bonchev–Trinajstić information content (AvgIpc) is 2.47. The third-order valence-electron chi connectivity index (χ3n) is 3.33. The number of nitrogens with zero attached hydrogens (tertiary/aromatic N) is 2. The van der Waals surface area contributed by atoms with Gasteiger partial charge in [0.25, 0.3) is 0 Å². The first-order chi connectivity index (χ1) is 9.97. The number of anilines is 1. The molecule has 0 saturated carbocycles. The van der Waals surface area contributed by atoms with E-state index in [2.05, 4.69) is 15.3 Å². The number of hydrogen-bond acceptors (Lipinski definition) is 4. The first kappa shape index (κ1) is 15.2. The van der Waals surface area contributed by atoms with Gasteiger partial charge in [0.05, 0.1) is 12.8 Å². The van der Waals surface area contributed by atoms with Crippen molar-refractivity contribution in [1.29, 1.82) is 0 Å². The molecule has 0 radical (unpaired) electrons. The van der Waals surface area contributed by atoms with E-state index in [1.165, 1.54) is 12.1 Å². The van der Waals surface area contributed by atoms with Gasteiger partial charge < -0.3 is 10.1 Å². The number of methoxy groups -OCH3 is 1. The zero-order valence-corrected chi connectivity index (χ0v) is 13.0. The number of ether oxygens (including phenoxy) is 1. The van der Waals surface area contributed by atoms with Crippen LogP contribution in [0.4, 0.5) is 10.2 Å². The maximum Gasteiger partial charge on any atom is 0.133 e. The molecule has 0 fully saturated rings. The number of halogens is 1. The SMILES string of the molecule is CNc1nc(C(C)C)nc(-c2cc(F)ccc2OC)c1C. The molecule has 1 aromatic heterocycles. The highest BCUT2D eigenvalue weighted by atomic mass is 19.1. The van der Waals surface area contributed by atoms with Crippen molar-refractivity contribution < 1.29 is 9.13 Å². The van der Waals surface area contributed by atoms with Gasteiger partial charge in [-0.1, -0.05) is 13.8 Å². The number of nitrogens with one attached hydrogen (secondary N) is 1. The van der Waals surface area contributed by atoms with Crippen molar-refractivity contribution in [3.8, 4) is 17.0 Å². The van der Waals surface area contributed by atoms with E-state index >= 15 is 0 Å². The molecule has 1 N–H and O–H groups in total. The van der Waals surface area contributed by atoms with Gasteiger partial charge >= 0.3 is 0 Å². The molecular weight excluding hydrogens is 269 g/mol. The van der Waals surface area contributed by atoms with Crippen LogP contribution in [0.5, 0.6) is 5.75 Å². The van der Waals surface area contributed by atoms with Crippen LogP contribution >= 0.6 is 0 Å². The van der Waals surface area contributed by atoms with Gasteiger partial charge in [0.15, 0.2) is 0 Å². The van der Waals surface area contributed by atoms with Gasteiger partial charge in [-0.2, -0.15) is 0 Å². The van der Waals surface area contributed by atoms with Crippen LogP contribution in [-0.4, -0.2) is 24.1 Å². The van der Waals surface area contributed by atoms with Gasteiger partial charge in [0.1, 0.15) is 23.2 Å². The van der Waals surface area contributed by atoms with E-state index in [1.54, 1.807) is 13.2 Å². The minimum atomic E-state index is -0.319. The topological polar surface area (TPSA) is 47.0 Å². The molecule has 21 heavy (non-hydrogen) atoms. The summed E-state index contributed by atoms with van der Waals surface area (Å²) in [5.41, 5.74) is 2.19. The zero-order chi connectivity index (χ0) is 15.6. The average molecular weight is 289 g/mol. The molecule has 0 bridgehead atoms. The Morgan fingerprint density at radius 2 is 1.95 bits per heavy atom. The Kier molecular flexibility index (Phi) is 4.40. The highest BCUT2D eigenvalue weighted by molar-refractivity contribution is 5.73. The second-order valence-corrected chi connectivity index (χ2v) is 5.15. The molecular formula is C16H20FN3O. The molecule has 0 saturated heterocycles. The van der Waals surface area contributed by atoms with Crippen molar-refractivity contribution in [3.05, 3.63) is 35.4 Å². The second kappa shape index (κ2) is 6.08. The summed E-state index contributed by atoms with van der Waals surface area (Å²) < 4.78 is 19.0. The lowest BCUT2D eigenvalue weighted by molar-refractivity contribution is 0.415.